The highest BCUT2D eigenvalue weighted by molar-refractivity contribution is 7.98. The standard InChI is InChI=1S/C25H22N2OS/c28-24-22(16-19-10-4-1-5-11-19)23(17-20-12-6-2-7-13-20)26-25(27-24)29-18-21-14-8-3-9-15-21/h1-15H,16-18H2,(H,26,27,28). The van der Waals surface area contributed by atoms with Gasteiger partial charge >= 0.3 is 0 Å². The summed E-state index contributed by atoms with van der Waals surface area (Å²) in [5, 5.41) is 0.668. The van der Waals surface area contributed by atoms with Crippen LogP contribution in [0.1, 0.15) is 27.9 Å². The Kier molecular flexibility index (Phi) is 6.22. The van der Waals surface area contributed by atoms with Crippen LogP contribution in [0.2, 0.25) is 0 Å². The molecule has 1 aromatic heterocycles. The lowest BCUT2D eigenvalue weighted by molar-refractivity contribution is 0.842. The van der Waals surface area contributed by atoms with Crippen LogP contribution in [0, 0.1) is 0 Å². The van der Waals surface area contributed by atoms with Gasteiger partial charge in [-0.15, -0.1) is 0 Å². The van der Waals surface area contributed by atoms with E-state index in [4.69, 9.17) is 4.98 Å². The van der Waals surface area contributed by atoms with E-state index in [2.05, 4.69) is 29.2 Å². The molecule has 0 aliphatic carbocycles. The number of nitrogens with one attached hydrogen (secondary N) is 1. The van der Waals surface area contributed by atoms with Crippen LogP contribution < -0.4 is 5.56 Å². The fraction of sp³-hybridized carbons (Fsp3) is 0.120. The Morgan fingerprint density at radius 2 is 1.21 bits per heavy atom. The van der Waals surface area contributed by atoms with Crippen LogP contribution in [0.25, 0.3) is 0 Å². The van der Waals surface area contributed by atoms with Crippen LogP contribution >= 0.6 is 11.8 Å². The SMILES string of the molecule is O=c1[nH]c(SCc2ccccc2)nc(Cc2ccccc2)c1Cc1ccccc1. The summed E-state index contributed by atoms with van der Waals surface area (Å²) in [5.41, 5.74) is 5.00. The highest BCUT2D eigenvalue weighted by Gasteiger charge is 2.13. The molecule has 0 aliphatic rings. The minimum atomic E-state index is -0.0506. The van der Waals surface area contributed by atoms with Crippen molar-refractivity contribution >= 4 is 11.8 Å². The van der Waals surface area contributed by atoms with E-state index < -0.39 is 0 Å². The van der Waals surface area contributed by atoms with E-state index >= 15 is 0 Å². The first-order valence-corrected chi connectivity index (χ1v) is 10.6. The van der Waals surface area contributed by atoms with E-state index in [1.54, 1.807) is 11.8 Å². The molecule has 1 heterocycles. The maximum Gasteiger partial charge on any atom is 0.255 e. The van der Waals surface area contributed by atoms with E-state index in [1.807, 2.05) is 66.7 Å². The van der Waals surface area contributed by atoms with Crippen LogP contribution in [-0.4, -0.2) is 9.97 Å². The van der Waals surface area contributed by atoms with Crippen molar-refractivity contribution in [3.05, 3.63) is 129 Å². The minimum absolute atomic E-state index is 0.0506. The first kappa shape index (κ1) is 19.2. The van der Waals surface area contributed by atoms with E-state index in [0.29, 0.717) is 18.0 Å². The van der Waals surface area contributed by atoms with Crippen molar-refractivity contribution < 1.29 is 0 Å². The Bertz CT molecular complexity index is 1110. The molecule has 0 aliphatic heterocycles. The smallest absolute Gasteiger partial charge is 0.255 e. The lowest BCUT2D eigenvalue weighted by Gasteiger charge is -2.11. The molecule has 4 aromatic rings. The third-order valence-corrected chi connectivity index (χ3v) is 5.68. The molecule has 0 saturated carbocycles. The second-order valence-electron chi connectivity index (χ2n) is 6.90. The van der Waals surface area contributed by atoms with Crippen molar-refractivity contribution in [2.45, 2.75) is 23.8 Å². The minimum Gasteiger partial charge on any atom is -0.301 e. The van der Waals surface area contributed by atoms with Crippen molar-refractivity contribution in [3.63, 3.8) is 0 Å². The fourth-order valence-corrected chi connectivity index (χ4v) is 4.07. The van der Waals surface area contributed by atoms with E-state index in [0.717, 1.165) is 28.1 Å². The predicted octanol–water partition coefficient (Wildman–Crippen LogP) is 5.24. The molecule has 3 nitrogen and oxygen atoms in total. The number of thioether (sulfide) groups is 1. The summed E-state index contributed by atoms with van der Waals surface area (Å²) >= 11 is 1.56. The Morgan fingerprint density at radius 3 is 1.79 bits per heavy atom. The molecule has 0 amide bonds. The van der Waals surface area contributed by atoms with Crippen molar-refractivity contribution in [1.29, 1.82) is 0 Å². The summed E-state index contributed by atoms with van der Waals surface area (Å²) in [7, 11) is 0. The van der Waals surface area contributed by atoms with Gasteiger partial charge in [-0.1, -0.05) is 103 Å². The zero-order valence-corrected chi connectivity index (χ0v) is 16.9. The number of nitrogens with zero attached hydrogens (tertiary/aromatic N) is 1. The Morgan fingerprint density at radius 1 is 0.690 bits per heavy atom. The number of H-pyrrole nitrogens is 1. The number of benzene rings is 3. The average Bonchev–Trinajstić information content (AvgIpc) is 2.77. The fourth-order valence-electron chi connectivity index (χ4n) is 3.23. The Labute approximate surface area is 174 Å². The number of aromatic amines is 1. The molecule has 4 rings (SSSR count). The third-order valence-electron chi connectivity index (χ3n) is 4.74. The second-order valence-corrected chi connectivity index (χ2v) is 7.86. The summed E-state index contributed by atoms with van der Waals surface area (Å²) in [5.74, 6) is 0.770. The molecule has 0 radical (unpaired) electrons. The van der Waals surface area contributed by atoms with Gasteiger partial charge in [-0.25, -0.2) is 4.98 Å². The van der Waals surface area contributed by atoms with Crippen molar-refractivity contribution in [1.82, 2.24) is 9.97 Å². The van der Waals surface area contributed by atoms with Crippen LogP contribution in [0.5, 0.6) is 0 Å². The first-order valence-electron chi connectivity index (χ1n) is 9.64. The molecule has 1 N–H and O–H groups in total. The maximum atomic E-state index is 13.0. The van der Waals surface area contributed by atoms with Gasteiger partial charge in [0.1, 0.15) is 0 Å². The zero-order valence-electron chi connectivity index (χ0n) is 16.0. The highest BCUT2D eigenvalue weighted by Crippen LogP contribution is 2.21. The van der Waals surface area contributed by atoms with Crippen LogP contribution in [0.4, 0.5) is 0 Å². The largest absolute Gasteiger partial charge is 0.301 e. The number of hydrogen-bond acceptors (Lipinski definition) is 3. The molecule has 0 unspecified atom stereocenters. The molecule has 0 bridgehead atoms. The first-order chi connectivity index (χ1) is 14.3. The molecule has 3 aromatic carbocycles. The second kappa shape index (κ2) is 9.39. The summed E-state index contributed by atoms with van der Waals surface area (Å²) < 4.78 is 0. The zero-order chi connectivity index (χ0) is 19.9. The molecule has 29 heavy (non-hydrogen) atoms. The van der Waals surface area contributed by atoms with E-state index in [1.165, 1.54) is 5.56 Å². The van der Waals surface area contributed by atoms with Gasteiger partial charge in [0.15, 0.2) is 5.16 Å². The Balaban J connectivity index is 1.65. The van der Waals surface area contributed by atoms with E-state index in [9.17, 15) is 4.79 Å². The summed E-state index contributed by atoms with van der Waals surface area (Å²) in [6.45, 7) is 0. The lowest BCUT2D eigenvalue weighted by atomic mass is 10.0. The summed E-state index contributed by atoms with van der Waals surface area (Å²) in [6, 6.07) is 30.5. The monoisotopic (exact) mass is 398 g/mol. The van der Waals surface area contributed by atoms with Crippen molar-refractivity contribution in [2.75, 3.05) is 0 Å². The van der Waals surface area contributed by atoms with Crippen LogP contribution in [-0.2, 0) is 18.6 Å². The molecule has 4 heteroatoms. The van der Waals surface area contributed by atoms with Crippen molar-refractivity contribution in [3.8, 4) is 0 Å². The van der Waals surface area contributed by atoms with Gasteiger partial charge in [0.2, 0.25) is 0 Å². The van der Waals surface area contributed by atoms with E-state index in [-0.39, 0.29) is 5.56 Å². The summed E-state index contributed by atoms with van der Waals surface area (Å²) in [4.78, 5) is 20.8. The van der Waals surface area contributed by atoms with Gasteiger partial charge in [0.05, 0.1) is 5.69 Å². The molecular formula is C25H22N2OS. The highest BCUT2D eigenvalue weighted by atomic mass is 32.2. The van der Waals surface area contributed by atoms with Gasteiger partial charge in [-0.2, -0.15) is 0 Å². The topological polar surface area (TPSA) is 45.8 Å². The van der Waals surface area contributed by atoms with Gasteiger partial charge in [-0.05, 0) is 16.7 Å². The Hall–Kier alpha value is -3.11. The quantitative estimate of drug-likeness (QED) is 0.342. The molecule has 0 saturated heterocycles. The lowest BCUT2D eigenvalue weighted by Crippen LogP contribution is -2.19. The normalized spacial score (nSPS) is 10.8. The van der Waals surface area contributed by atoms with Crippen LogP contribution in [0.3, 0.4) is 0 Å². The number of rotatable bonds is 7. The van der Waals surface area contributed by atoms with Crippen LogP contribution in [0.15, 0.2) is 101 Å². The number of hydrogen-bond donors (Lipinski definition) is 1. The van der Waals surface area contributed by atoms with Gasteiger partial charge in [-0.3, -0.25) is 4.79 Å². The third kappa shape index (κ3) is 5.24. The van der Waals surface area contributed by atoms with Gasteiger partial charge in [0.25, 0.3) is 5.56 Å². The van der Waals surface area contributed by atoms with Gasteiger partial charge < -0.3 is 4.98 Å². The molecular weight excluding hydrogens is 376 g/mol. The average molecular weight is 399 g/mol. The molecule has 0 atom stereocenters. The predicted molar refractivity (Wildman–Crippen MR) is 119 cm³/mol. The molecule has 144 valence electrons. The molecule has 0 spiro atoms. The van der Waals surface area contributed by atoms with Crippen molar-refractivity contribution in [2.24, 2.45) is 0 Å². The summed E-state index contributed by atoms with van der Waals surface area (Å²) in [6.07, 6.45) is 1.22. The number of aromatic nitrogens is 2. The maximum absolute atomic E-state index is 13.0. The van der Waals surface area contributed by atoms with Gasteiger partial charge in [0, 0.05) is 24.2 Å². The molecule has 0 fully saturated rings.